The lowest BCUT2D eigenvalue weighted by molar-refractivity contribution is -0.123. The molecule has 2 amide bonds. The van der Waals surface area contributed by atoms with Crippen LogP contribution in [-0.2, 0) is 4.79 Å². The number of benzene rings is 1. The van der Waals surface area contributed by atoms with E-state index in [4.69, 9.17) is 4.74 Å². The molecule has 0 spiro atoms. The molecule has 0 saturated carbocycles. The fourth-order valence-electron chi connectivity index (χ4n) is 3.78. The second-order valence-corrected chi connectivity index (χ2v) is 7.25. The molecular weight excluding hydrogens is 342 g/mol. The first kappa shape index (κ1) is 19.4. The van der Waals surface area contributed by atoms with Crippen LogP contribution in [0.15, 0.2) is 36.9 Å². The molecule has 0 radical (unpaired) electrons. The molecule has 1 aromatic carbocycles. The summed E-state index contributed by atoms with van der Waals surface area (Å²) in [5, 5.41) is 6.28. The van der Waals surface area contributed by atoms with E-state index in [1.807, 2.05) is 23.1 Å². The Morgan fingerprint density at radius 1 is 1.30 bits per heavy atom. The predicted octanol–water partition coefficient (Wildman–Crippen LogP) is 1.97. The zero-order chi connectivity index (χ0) is 19.1. The maximum atomic E-state index is 13.0. The third-order valence-electron chi connectivity index (χ3n) is 5.22. The average molecular weight is 371 g/mol. The molecule has 2 aliphatic heterocycles. The molecule has 2 heterocycles. The number of nitrogens with zero attached hydrogens (tertiary/aromatic N) is 1. The fraction of sp³-hybridized carbons (Fsp3) is 0.524. The van der Waals surface area contributed by atoms with Crippen molar-refractivity contribution >= 4 is 11.8 Å². The maximum Gasteiger partial charge on any atom is 0.257 e. The van der Waals surface area contributed by atoms with Gasteiger partial charge in [-0.15, -0.1) is 0 Å². The maximum absolute atomic E-state index is 13.0. The van der Waals surface area contributed by atoms with Crippen LogP contribution >= 0.6 is 0 Å². The van der Waals surface area contributed by atoms with Gasteiger partial charge in [-0.05, 0) is 50.3 Å². The van der Waals surface area contributed by atoms with Gasteiger partial charge in [0.1, 0.15) is 12.4 Å². The van der Waals surface area contributed by atoms with Gasteiger partial charge in [-0.2, -0.15) is 0 Å². The Morgan fingerprint density at radius 2 is 2.15 bits per heavy atom. The van der Waals surface area contributed by atoms with Gasteiger partial charge in [0.25, 0.3) is 5.91 Å². The summed E-state index contributed by atoms with van der Waals surface area (Å²) < 4.78 is 5.63. The molecule has 6 heteroatoms. The van der Waals surface area contributed by atoms with E-state index in [0.717, 1.165) is 38.8 Å². The van der Waals surface area contributed by atoms with Gasteiger partial charge < -0.3 is 20.3 Å². The highest BCUT2D eigenvalue weighted by molar-refractivity contribution is 5.97. The Kier molecular flexibility index (Phi) is 6.87. The van der Waals surface area contributed by atoms with E-state index >= 15 is 0 Å². The van der Waals surface area contributed by atoms with Crippen molar-refractivity contribution in [3.63, 3.8) is 0 Å². The normalized spacial score (nSPS) is 22.3. The molecule has 1 aromatic rings. The van der Waals surface area contributed by atoms with Crippen LogP contribution in [0.3, 0.4) is 0 Å². The number of carbonyl (C=O) groups excluding carboxylic acids is 2. The molecule has 2 saturated heterocycles. The third kappa shape index (κ3) is 5.10. The zero-order valence-electron chi connectivity index (χ0n) is 15.8. The second-order valence-electron chi connectivity index (χ2n) is 7.25. The van der Waals surface area contributed by atoms with Crippen LogP contribution in [-0.4, -0.2) is 55.5 Å². The SMILES string of the molecule is C=CCOc1ccccc1C(=O)N1CCCC(CNC(=O)C2CCCN2)C1. The van der Waals surface area contributed by atoms with Crippen molar-refractivity contribution in [2.45, 2.75) is 31.7 Å². The number of nitrogens with one attached hydrogen (secondary N) is 2. The van der Waals surface area contributed by atoms with Gasteiger partial charge in [0.15, 0.2) is 0 Å². The minimum Gasteiger partial charge on any atom is -0.489 e. The molecule has 2 fully saturated rings. The van der Waals surface area contributed by atoms with E-state index in [1.165, 1.54) is 0 Å². The Hall–Kier alpha value is -2.34. The number of hydrogen-bond donors (Lipinski definition) is 2. The van der Waals surface area contributed by atoms with Crippen LogP contribution in [0.1, 0.15) is 36.0 Å². The largest absolute Gasteiger partial charge is 0.489 e. The number of piperidine rings is 1. The number of hydrogen-bond acceptors (Lipinski definition) is 4. The summed E-state index contributed by atoms with van der Waals surface area (Å²) in [5.74, 6) is 0.946. The van der Waals surface area contributed by atoms with Gasteiger partial charge in [0.05, 0.1) is 11.6 Å². The Labute approximate surface area is 161 Å². The van der Waals surface area contributed by atoms with Crippen LogP contribution < -0.4 is 15.4 Å². The minimum absolute atomic E-state index is 0.0110. The number of amides is 2. The van der Waals surface area contributed by atoms with Crippen molar-refractivity contribution in [1.29, 1.82) is 0 Å². The molecule has 0 aliphatic carbocycles. The lowest BCUT2D eigenvalue weighted by Crippen LogP contribution is -2.46. The number of ether oxygens (including phenoxy) is 1. The second kappa shape index (κ2) is 9.55. The van der Waals surface area contributed by atoms with Crippen LogP contribution in [0.5, 0.6) is 5.75 Å². The average Bonchev–Trinajstić information content (AvgIpc) is 3.25. The zero-order valence-corrected chi connectivity index (χ0v) is 15.8. The standard InChI is InChI=1S/C21H29N3O3/c1-2-13-27-19-10-4-3-8-17(19)21(26)24-12-6-7-16(15-24)14-23-20(25)18-9-5-11-22-18/h2-4,8,10,16,18,22H,1,5-7,9,11-15H2,(H,23,25). The van der Waals surface area contributed by atoms with Crippen molar-refractivity contribution in [2.24, 2.45) is 5.92 Å². The minimum atomic E-state index is -0.0554. The van der Waals surface area contributed by atoms with E-state index in [1.54, 1.807) is 12.1 Å². The number of para-hydroxylation sites is 1. The lowest BCUT2D eigenvalue weighted by atomic mass is 9.97. The van der Waals surface area contributed by atoms with Gasteiger partial charge in [-0.3, -0.25) is 9.59 Å². The molecule has 0 bridgehead atoms. The first-order valence-corrected chi connectivity index (χ1v) is 9.82. The van der Waals surface area contributed by atoms with Gasteiger partial charge in [-0.1, -0.05) is 24.8 Å². The van der Waals surface area contributed by atoms with E-state index in [9.17, 15) is 9.59 Å². The quantitative estimate of drug-likeness (QED) is 0.719. The Bertz CT molecular complexity index is 670. The first-order valence-electron chi connectivity index (χ1n) is 9.82. The molecule has 2 unspecified atom stereocenters. The van der Waals surface area contributed by atoms with Crippen molar-refractivity contribution in [2.75, 3.05) is 32.8 Å². The summed E-state index contributed by atoms with van der Waals surface area (Å²) in [6, 6.07) is 7.27. The topological polar surface area (TPSA) is 70.7 Å². The molecule has 6 nitrogen and oxygen atoms in total. The summed E-state index contributed by atoms with van der Waals surface area (Å²) >= 11 is 0. The highest BCUT2D eigenvalue weighted by Crippen LogP contribution is 2.23. The third-order valence-corrected chi connectivity index (χ3v) is 5.22. The van der Waals surface area contributed by atoms with Gasteiger partial charge in [0.2, 0.25) is 5.91 Å². The highest BCUT2D eigenvalue weighted by Gasteiger charge is 2.28. The predicted molar refractivity (Wildman–Crippen MR) is 105 cm³/mol. The monoisotopic (exact) mass is 371 g/mol. The van der Waals surface area contributed by atoms with E-state index in [2.05, 4.69) is 17.2 Å². The van der Waals surface area contributed by atoms with Gasteiger partial charge in [-0.25, -0.2) is 0 Å². The Morgan fingerprint density at radius 3 is 2.93 bits per heavy atom. The fourth-order valence-corrected chi connectivity index (χ4v) is 3.78. The molecule has 2 N–H and O–H groups in total. The van der Waals surface area contributed by atoms with Crippen molar-refractivity contribution in [3.05, 3.63) is 42.5 Å². The molecule has 146 valence electrons. The Balaban J connectivity index is 1.56. The highest BCUT2D eigenvalue weighted by atomic mass is 16.5. The van der Waals surface area contributed by atoms with Gasteiger partial charge in [0, 0.05) is 19.6 Å². The summed E-state index contributed by atoms with van der Waals surface area (Å²) in [6.45, 7) is 6.96. The molecule has 3 rings (SSSR count). The smallest absolute Gasteiger partial charge is 0.257 e. The molecular formula is C21H29N3O3. The van der Waals surface area contributed by atoms with Crippen LogP contribution in [0.25, 0.3) is 0 Å². The van der Waals surface area contributed by atoms with Crippen LogP contribution in [0, 0.1) is 5.92 Å². The molecule has 2 aliphatic rings. The molecule has 27 heavy (non-hydrogen) atoms. The van der Waals surface area contributed by atoms with E-state index in [0.29, 0.717) is 31.0 Å². The number of likely N-dealkylation sites (tertiary alicyclic amines) is 1. The summed E-state index contributed by atoms with van der Waals surface area (Å²) in [6.07, 6.45) is 5.60. The van der Waals surface area contributed by atoms with Gasteiger partial charge >= 0.3 is 0 Å². The number of rotatable bonds is 7. The summed E-state index contributed by atoms with van der Waals surface area (Å²) in [4.78, 5) is 27.1. The molecule has 0 aromatic heterocycles. The van der Waals surface area contributed by atoms with E-state index < -0.39 is 0 Å². The van der Waals surface area contributed by atoms with Crippen LogP contribution in [0.4, 0.5) is 0 Å². The summed E-state index contributed by atoms with van der Waals surface area (Å²) in [7, 11) is 0. The summed E-state index contributed by atoms with van der Waals surface area (Å²) in [5.41, 5.74) is 0.583. The van der Waals surface area contributed by atoms with Crippen molar-refractivity contribution < 1.29 is 14.3 Å². The van der Waals surface area contributed by atoms with Crippen molar-refractivity contribution in [3.8, 4) is 5.75 Å². The van der Waals surface area contributed by atoms with Crippen molar-refractivity contribution in [1.82, 2.24) is 15.5 Å². The first-order chi connectivity index (χ1) is 13.2. The van der Waals surface area contributed by atoms with Crippen LogP contribution in [0.2, 0.25) is 0 Å². The lowest BCUT2D eigenvalue weighted by Gasteiger charge is -2.33. The molecule has 2 atom stereocenters. The van der Waals surface area contributed by atoms with E-state index in [-0.39, 0.29) is 23.8 Å². The number of carbonyl (C=O) groups is 2.